The molecule has 4 aromatic rings. The summed E-state index contributed by atoms with van der Waals surface area (Å²) in [5.41, 5.74) is 2.54. The van der Waals surface area contributed by atoms with Gasteiger partial charge in [0.25, 0.3) is 0 Å². The van der Waals surface area contributed by atoms with E-state index in [1.54, 1.807) is 6.08 Å². The average Bonchev–Trinajstić information content (AvgIpc) is 3.27. The van der Waals surface area contributed by atoms with Crippen LogP contribution in [-0.4, -0.2) is 31.2 Å². The van der Waals surface area contributed by atoms with Crippen LogP contribution in [0.3, 0.4) is 0 Å². The van der Waals surface area contributed by atoms with Gasteiger partial charge in [0.05, 0.1) is 11.4 Å². The molecule has 4 heterocycles. The van der Waals surface area contributed by atoms with Crippen LogP contribution in [0, 0.1) is 0 Å². The Balaban J connectivity index is 1.36. The molecule has 0 aliphatic rings. The third-order valence-electron chi connectivity index (χ3n) is 3.74. The fourth-order valence-corrected chi connectivity index (χ4v) is 3.57. The van der Waals surface area contributed by atoms with Crippen LogP contribution in [0.2, 0.25) is 5.15 Å². The van der Waals surface area contributed by atoms with Gasteiger partial charge in [0.15, 0.2) is 10.1 Å². The second-order valence-corrected chi connectivity index (χ2v) is 6.65. The predicted molar refractivity (Wildman–Crippen MR) is 99.0 cm³/mol. The first-order valence-corrected chi connectivity index (χ1v) is 8.96. The van der Waals surface area contributed by atoms with E-state index in [1.807, 2.05) is 51.0 Å². The maximum Gasteiger partial charge on any atom is 0.244 e. The number of nitrogens with zero attached hydrogens (tertiary/aromatic N) is 4. The molecule has 4 aromatic heterocycles. The van der Waals surface area contributed by atoms with E-state index in [1.165, 1.54) is 17.4 Å². The van der Waals surface area contributed by atoms with Gasteiger partial charge in [0.2, 0.25) is 5.91 Å². The lowest BCUT2D eigenvalue weighted by Gasteiger charge is -1.99. The first kappa shape index (κ1) is 15.9. The second kappa shape index (κ2) is 6.70. The molecule has 0 bridgehead atoms. The smallest absolute Gasteiger partial charge is 0.244 e. The van der Waals surface area contributed by atoms with Crippen LogP contribution in [0.4, 0.5) is 0 Å². The fourth-order valence-electron chi connectivity index (χ4n) is 2.56. The monoisotopic (exact) mass is 371 g/mol. The first-order chi connectivity index (χ1) is 12.2. The van der Waals surface area contributed by atoms with Gasteiger partial charge in [-0.25, -0.2) is 9.97 Å². The van der Waals surface area contributed by atoms with Crippen LogP contribution in [0.5, 0.6) is 0 Å². The number of thiazole rings is 1. The predicted octanol–water partition coefficient (Wildman–Crippen LogP) is 3.07. The zero-order chi connectivity index (χ0) is 17.2. The van der Waals surface area contributed by atoms with Gasteiger partial charge in [-0.05, 0) is 18.2 Å². The minimum atomic E-state index is -0.176. The minimum Gasteiger partial charge on any atom is -0.352 e. The Kier molecular flexibility index (Phi) is 4.25. The van der Waals surface area contributed by atoms with Crippen molar-refractivity contribution in [1.82, 2.24) is 24.1 Å². The topological polar surface area (TPSA) is 63.7 Å². The van der Waals surface area contributed by atoms with Gasteiger partial charge in [-0.3, -0.25) is 9.20 Å². The zero-order valence-corrected chi connectivity index (χ0v) is 14.7. The quantitative estimate of drug-likeness (QED) is 0.548. The van der Waals surface area contributed by atoms with Crippen molar-refractivity contribution < 1.29 is 4.79 Å². The second-order valence-electron chi connectivity index (χ2n) is 5.42. The molecule has 0 fully saturated rings. The standard InChI is InChI=1S/C17H14ClN5OS/c18-16-13(23-9-10-25-17(23)21-16)4-5-15(24)19-7-6-12-11-22-8-2-1-3-14(22)20-12/h1-5,8-11H,6-7H2,(H,19,24)/b5-4+. The van der Waals surface area contributed by atoms with Gasteiger partial charge in [-0.2, -0.15) is 0 Å². The Morgan fingerprint density at radius 1 is 1.32 bits per heavy atom. The molecule has 0 aromatic carbocycles. The van der Waals surface area contributed by atoms with Crippen molar-refractivity contribution >= 4 is 45.5 Å². The highest BCUT2D eigenvalue weighted by Crippen LogP contribution is 2.22. The van der Waals surface area contributed by atoms with Gasteiger partial charge >= 0.3 is 0 Å². The maximum atomic E-state index is 12.0. The number of fused-ring (bicyclic) bond motifs is 2. The van der Waals surface area contributed by atoms with Crippen LogP contribution >= 0.6 is 22.9 Å². The summed E-state index contributed by atoms with van der Waals surface area (Å²) >= 11 is 7.59. The highest BCUT2D eigenvalue weighted by atomic mass is 35.5. The zero-order valence-electron chi connectivity index (χ0n) is 13.1. The number of carbonyl (C=O) groups is 1. The van der Waals surface area contributed by atoms with Crippen molar-refractivity contribution in [2.24, 2.45) is 0 Å². The summed E-state index contributed by atoms with van der Waals surface area (Å²) in [5, 5.41) is 5.17. The van der Waals surface area contributed by atoms with Gasteiger partial charge < -0.3 is 9.72 Å². The molecule has 8 heteroatoms. The molecule has 0 saturated carbocycles. The third kappa shape index (κ3) is 3.29. The number of hydrogen-bond donors (Lipinski definition) is 1. The van der Waals surface area contributed by atoms with Crippen molar-refractivity contribution in [2.45, 2.75) is 6.42 Å². The van der Waals surface area contributed by atoms with Crippen molar-refractivity contribution in [3.05, 3.63) is 64.8 Å². The summed E-state index contributed by atoms with van der Waals surface area (Å²) in [6.07, 6.45) is 9.61. The molecule has 4 rings (SSSR count). The molecule has 0 aliphatic heterocycles. The highest BCUT2D eigenvalue weighted by molar-refractivity contribution is 7.15. The summed E-state index contributed by atoms with van der Waals surface area (Å²) < 4.78 is 3.82. The number of rotatable bonds is 5. The number of pyridine rings is 1. The molecule has 126 valence electrons. The van der Waals surface area contributed by atoms with Crippen molar-refractivity contribution in [3.8, 4) is 0 Å². The number of halogens is 1. The van der Waals surface area contributed by atoms with Gasteiger partial charge in [-0.15, -0.1) is 11.3 Å². The lowest BCUT2D eigenvalue weighted by Crippen LogP contribution is -2.23. The van der Waals surface area contributed by atoms with Crippen LogP contribution in [0.1, 0.15) is 11.4 Å². The van der Waals surface area contributed by atoms with Crippen LogP contribution < -0.4 is 5.32 Å². The van der Waals surface area contributed by atoms with Gasteiger partial charge in [0, 0.05) is 43.0 Å². The molecular weight excluding hydrogens is 358 g/mol. The van der Waals surface area contributed by atoms with Crippen molar-refractivity contribution in [2.75, 3.05) is 6.54 Å². The van der Waals surface area contributed by atoms with E-state index in [-0.39, 0.29) is 5.91 Å². The molecule has 25 heavy (non-hydrogen) atoms. The lowest BCUT2D eigenvalue weighted by atomic mass is 10.3. The molecule has 0 atom stereocenters. The Bertz CT molecular complexity index is 1040. The number of amides is 1. The molecule has 0 saturated heterocycles. The van der Waals surface area contributed by atoms with E-state index in [0.717, 1.165) is 16.3 Å². The molecule has 0 spiro atoms. The van der Waals surface area contributed by atoms with E-state index >= 15 is 0 Å². The summed E-state index contributed by atoms with van der Waals surface area (Å²) in [4.78, 5) is 21.5. The van der Waals surface area contributed by atoms with E-state index < -0.39 is 0 Å². The molecule has 6 nitrogen and oxygen atoms in total. The van der Waals surface area contributed by atoms with Crippen molar-refractivity contribution in [1.29, 1.82) is 0 Å². The molecule has 1 amide bonds. The largest absolute Gasteiger partial charge is 0.352 e. The van der Waals surface area contributed by atoms with E-state index in [2.05, 4.69) is 15.3 Å². The fraction of sp³-hybridized carbons (Fsp3) is 0.118. The summed E-state index contributed by atoms with van der Waals surface area (Å²) in [5.74, 6) is -0.176. The Morgan fingerprint density at radius 3 is 3.12 bits per heavy atom. The number of hydrogen-bond acceptors (Lipinski definition) is 4. The van der Waals surface area contributed by atoms with Gasteiger partial charge in [-0.1, -0.05) is 17.7 Å². The Labute approximate surface area is 152 Å². The number of carbonyl (C=O) groups excluding carboxylic acids is 1. The highest BCUT2D eigenvalue weighted by Gasteiger charge is 2.08. The third-order valence-corrected chi connectivity index (χ3v) is 4.78. The average molecular weight is 372 g/mol. The molecule has 0 aliphatic carbocycles. The van der Waals surface area contributed by atoms with E-state index in [4.69, 9.17) is 11.6 Å². The molecule has 1 N–H and O–H groups in total. The first-order valence-electron chi connectivity index (χ1n) is 7.70. The normalized spacial score (nSPS) is 11.7. The molecule has 0 unspecified atom stereocenters. The van der Waals surface area contributed by atoms with E-state index in [9.17, 15) is 4.79 Å². The van der Waals surface area contributed by atoms with Crippen LogP contribution in [0.25, 0.3) is 16.7 Å². The van der Waals surface area contributed by atoms with Gasteiger partial charge in [0.1, 0.15) is 5.65 Å². The van der Waals surface area contributed by atoms with Crippen LogP contribution in [0.15, 0.2) is 48.2 Å². The van der Waals surface area contributed by atoms with Crippen LogP contribution in [-0.2, 0) is 11.2 Å². The lowest BCUT2D eigenvalue weighted by molar-refractivity contribution is -0.116. The van der Waals surface area contributed by atoms with Crippen molar-refractivity contribution in [3.63, 3.8) is 0 Å². The SMILES string of the molecule is O=C(/C=C/c1c(Cl)nc2sccn12)NCCc1cn2ccccc2n1. The number of aromatic nitrogens is 4. The minimum absolute atomic E-state index is 0.176. The molecule has 0 radical (unpaired) electrons. The number of nitrogens with one attached hydrogen (secondary N) is 1. The Hall–Kier alpha value is -2.64. The summed E-state index contributed by atoms with van der Waals surface area (Å²) in [6.45, 7) is 0.515. The summed E-state index contributed by atoms with van der Waals surface area (Å²) in [7, 11) is 0. The summed E-state index contributed by atoms with van der Waals surface area (Å²) in [6, 6.07) is 5.85. The van der Waals surface area contributed by atoms with E-state index in [0.29, 0.717) is 23.8 Å². The Morgan fingerprint density at radius 2 is 2.24 bits per heavy atom. The maximum absolute atomic E-state index is 12.0. The molecular formula is C17H14ClN5OS. The number of imidazole rings is 2.